The van der Waals surface area contributed by atoms with Gasteiger partial charge in [-0.2, -0.15) is 0 Å². The normalized spacial score (nSPS) is 21.2. The lowest BCUT2D eigenvalue weighted by Crippen LogP contribution is -2.51. The van der Waals surface area contributed by atoms with E-state index >= 15 is 0 Å². The summed E-state index contributed by atoms with van der Waals surface area (Å²) in [7, 11) is 0. The number of nitrogens with one attached hydrogen (secondary N) is 1. The third kappa shape index (κ3) is 5.36. The molecule has 2 saturated carbocycles. The molecule has 8 heteroatoms. The molecule has 0 spiro atoms. The van der Waals surface area contributed by atoms with Crippen LogP contribution in [0.15, 0.2) is 18.2 Å². The SMILES string of the molecule is CC(C)(C)c1nc2cc(C(=O)N3CC(CC(=O)NC4CC4)C3)ccc2n1CC1CCC(F)(F)CC1. The number of carbonyl (C=O) groups excluding carboxylic acids is 2. The largest absolute Gasteiger partial charge is 0.353 e. The molecule has 6 nitrogen and oxygen atoms in total. The van der Waals surface area contributed by atoms with Crippen molar-refractivity contribution in [3.8, 4) is 0 Å². The maximum Gasteiger partial charge on any atom is 0.253 e. The maximum absolute atomic E-state index is 13.7. The minimum atomic E-state index is -2.54. The molecule has 35 heavy (non-hydrogen) atoms. The van der Waals surface area contributed by atoms with Gasteiger partial charge in [-0.05, 0) is 49.8 Å². The average molecular weight is 487 g/mol. The summed E-state index contributed by atoms with van der Waals surface area (Å²) in [6.45, 7) is 8.18. The van der Waals surface area contributed by atoms with Crippen LogP contribution in [0.3, 0.4) is 0 Å². The van der Waals surface area contributed by atoms with Gasteiger partial charge in [0.1, 0.15) is 5.82 Å². The van der Waals surface area contributed by atoms with Crippen LogP contribution in [0, 0.1) is 11.8 Å². The van der Waals surface area contributed by atoms with E-state index in [0.717, 1.165) is 29.7 Å². The number of halogens is 2. The molecule has 1 aliphatic heterocycles. The van der Waals surface area contributed by atoms with Crippen LogP contribution < -0.4 is 5.32 Å². The molecule has 1 N–H and O–H groups in total. The summed E-state index contributed by atoms with van der Waals surface area (Å²) in [5.74, 6) is -1.15. The molecule has 0 bridgehead atoms. The van der Waals surface area contributed by atoms with Crippen molar-refractivity contribution in [2.24, 2.45) is 11.8 Å². The molecule has 2 aliphatic carbocycles. The van der Waals surface area contributed by atoms with Gasteiger partial charge in [0.2, 0.25) is 11.8 Å². The van der Waals surface area contributed by atoms with Gasteiger partial charge in [-0.25, -0.2) is 13.8 Å². The lowest BCUT2D eigenvalue weighted by Gasteiger charge is -2.39. The van der Waals surface area contributed by atoms with Crippen molar-refractivity contribution in [2.75, 3.05) is 13.1 Å². The van der Waals surface area contributed by atoms with Crippen LogP contribution in [0.4, 0.5) is 8.78 Å². The highest BCUT2D eigenvalue weighted by Gasteiger charge is 2.36. The van der Waals surface area contributed by atoms with Crippen molar-refractivity contribution in [2.45, 2.75) is 89.6 Å². The van der Waals surface area contributed by atoms with Crippen LogP contribution in [-0.4, -0.2) is 51.3 Å². The lowest BCUT2D eigenvalue weighted by molar-refractivity contribution is -0.123. The van der Waals surface area contributed by atoms with Gasteiger partial charge in [-0.3, -0.25) is 9.59 Å². The van der Waals surface area contributed by atoms with Crippen molar-refractivity contribution in [1.82, 2.24) is 19.8 Å². The Morgan fingerprint density at radius 3 is 2.40 bits per heavy atom. The van der Waals surface area contributed by atoms with Gasteiger partial charge >= 0.3 is 0 Å². The number of likely N-dealkylation sites (tertiary alicyclic amines) is 1. The van der Waals surface area contributed by atoms with E-state index in [0.29, 0.717) is 50.5 Å². The predicted molar refractivity (Wildman–Crippen MR) is 131 cm³/mol. The monoisotopic (exact) mass is 486 g/mol. The first-order chi connectivity index (χ1) is 16.5. The summed E-state index contributed by atoms with van der Waals surface area (Å²) in [5, 5.41) is 3.01. The molecule has 2 aromatic rings. The van der Waals surface area contributed by atoms with E-state index in [1.807, 2.05) is 18.2 Å². The number of rotatable bonds is 6. The number of fused-ring (bicyclic) bond motifs is 1. The third-order valence-corrected chi connectivity index (χ3v) is 7.60. The predicted octanol–water partition coefficient (Wildman–Crippen LogP) is 4.90. The summed E-state index contributed by atoms with van der Waals surface area (Å²) in [5.41, 5.74) is 2.10. The molecule has 0 atom stereocenters. The molecule has 0 unspecified atom stereocenters. The van der Waals surface area contributed by atoms with Gasteiger partial charge in [-0.1, -0.05) is 20.8 Å². The number of aromatic nitrogens is 2. The Hall–Kier alpha value is -2.51. The van der Waals surface area contributed by atoms with E-state index in [1.165, 1.54) is 0 Å². The molecular weight excluding hydrogens is 450 g/mol. The smallest absolute Gasteiger partial charge is 0.253 e. The van der Waals surface area contributed by atoms with Crippen molar-refractivity contribution >= 4 is 22.8 Å². The average Bonchev–Trinajstić information content (AvgIpc) is 3.49. The van der Waals surface area contributed by atoms with Gasteiger partial charge in [0.15, 0.2) is 0 Å². The highest BCUT2D eigenvalue weighted by atomic mass is 19.3. The van der Waals surface area contributed by atoms with E-state index in [9.17, 15) is 18.4 Å². The van der Waals surface area contributed by atoms with Gasteiger partial charge in [0, 0.05) is 61.8 Å². The number of hydrogen-bond donors (Lipinski definition) is 1. The Bertz CT molecular complexity index is 1120. The molecule has 3 fully saturated rings. The molecule has 1 aromatic carbocycles. The number of amides is 2. The molecule has 2 heterocycles. The Morgan fingerprint density at radius 2 is 1.77 bits per heavy atom. The number of imidazole rings is 1. The standard InChI is InChI=1S/C27H36F2N4O2/c1-26(2,3)25-31-21-13-19(24(35)32-14-18(15-32)12-23(34)30-20-5-6-20)4-7-22(21)33(25)16-17-8-10-27(28,29)11-9-17/h4,7,13,17-18,20H,5-6,8-12,14-16H2,1-3H3,(H,30,34). The van der Waals surface area contributed by atoms with Crippen molar-refractivity contribution in [3.05, 3.63) is 29.6 Å². The summed E-state index contributed by atoms with van der Waals surface area (Å²) >= 11 is 0. The number of nitrogens with zero attached hydrogens (tertiary/aromatic N) is 3. The fourth-order valence-corrected chi connectivity index (χ4v) is 5.38. The van der Waals surface area contributed by atoms with Crippen LogP contribution in [0.1, 0.15) is 81.9 Å². The third-order valence-electron chi connectivity index (χ3n) is 7.60. The number of carbonyl (C=O) groups is 2. The van der Waals surface area contributed by atoms with E-state index in [1.54, 1.807) is 4.90 Å². The Labute approximate surface area is 205 Å². The van der Waals surface area contributed by atoms with E-state index in [2.05, 4.69) is 30.7 Å². The van der Waals surface area contributed by atoms with Crippen molar-refractivity contribution < 1.29 is 18.4 Å². The number of benzene rings is 1. The topological polar surface area (TPSA) is 67.2 Å². The molecule has 5 rings (SSSR count). The molecule has 1 aromatic heterocycles. The second-order valence-electron chi connectivity index (χ2n) is 11.9. The van der Waals surface area contributed by atoms with Crippen LogP contribution in [-0.2, 0) is 16.8 Å². The van der Waals surface area contributed by atoms with E-state index in [-0.39, 0.29) is 41.9 Å². The Balaban J connectivity index is 1.29. The van der Waals surface area contributed by atoms with E-state index in [4.69, 9.17) is 4.98 Å². The zero-order chi connectivity index (χ0) is 25.0. The molecule has 1 saturated heterocycles. The highest BCUT2D eigenvalue weighted by molar-refractivity contribution is 5.98. The molecule has 190 valence electrons. The number of hydrogen-bond acceptors (Lipinski definition) is 3. The summed E-state index contributed by atoms with van der Waals surface area (Å²) in [6, 6.07) is 6.01. The molecular formula is C27H36F2N4O2. The highest BCUT2D eigenvalue weighted by Crippen LogP contribution is 2.38. The minimum Gasteiger partial charge on any atom is -0.353 e. The second kappa shape index (κ2) is 8.86. The van der Waals surface area contributed by atoms with Crippen LogP contribution in [0.25, 0.3) is 11.0 Å². The quantitative estimate of drug-likeness (QED) is 0.632. The second-order valence-corrected chi connectivity index (χ2v) is 11.9. The zero-order valence-corrected chi connectivity index (χ0v) is 20.9. The lowest BCUT2D eigenvalue weighted by atomic mass is 9.86. The summed E-state index contributed by atoms with van der Waals surface area (Å²) in [6.07, 6.45) is 3.56. The van der Waals surface area contributed by atoms with Crippen LogP contribution in [0.2, 0.25) is 0 Å². The fourth-order valence-electron chi connectivity index (χ4n) is 5.38. The first kappa shape index (κ1) is 24.2. The van der Waals surface area contributed by atoms with Crippen LogP contribution in [0.5, 0.6) is 0 Å². The molecule has 3 aliphatic rings. The van der Waals surface area contributed by atoms with Gasteiger partial charge in [0.05, 0.1) is 11.0 Å². The number of alkyl halides is 2. The minimum absolute atomic E-state index is 0.0351. The summed E-state index contributed by atoms with van der Waals surface area (Å²) < 4.78 is 29.5. The van der Waals surface area contributed by atoms with Gasteiger partial charge < -0.3 is 14.8 Å². The first-order valence-corrected chi connectivity index (χ1v) is 13.0. The van der Waals surface area contributed by atoms with Crippen LogP contribution >= 0.6 is 0 Å². The van der Waals surface area contributed by atoms with Crippen molar-refractivity contribution in [3.63, 3.8) is 0 Å². The zero-order valence-electron chi connectivity index (χ0n) is 20.9. The van der Waals surface area contributed by atoms with Gasteiger partial charge in [0.25, 0.3) is 5.91 Å². The van der Waals surface area contributed by atoms with Gasteiger partial charge in [-0.15, -0.1) is 0 Å². The Kier molecular flexibility index (Phi) is 6.12. The first-order valence-electron chi connectivity index (χ1n) is 13.0. The molecule has 2 amide bonds. The van der Waals surface area contributed by atoms with Crippen molar-refractivity contribution in [1.29, 1.82) is 0 Å². The fraction of sp³-hybridized carbons (Fsp3) is 0.667. The molecule has 0 radical (unpaired) electrons. The summed E-state index contributed by atoms with van der Waals surface area (Å²) in [4.78, 5) is 31.8. The van der Waals surface area contributed by atoms with E-state index < -0.39 is 5.92 Å². The Morgan fingerprint density at radius 1 is 1.09 bits per heavy atom. The maximum atomic E-state index is 13.7.